The lowest BCUT2D eigenvalue weighted by Gasteiger charge is -2.25. The fourth-order valence-corrected chi connectivity index (χ4v) is 2.12. The van der Waals surface area contributed by atoms with Crippen molar-refractivity contribution < 1.29 is 4.79 Å². The molecule has 0 spiro atoms. The number of benzene rings is 1. The van der Waals surface area contributed by atoms with Crippen molar-refractivity contribution >= 4 is 5.78 Å². The molecule has 1 aromatic carbocycles. The van der Waals surface area contributed by atoms with Crippen LogP contribution in [0.3, 0.4) is 0 Å². The maximum absolute atomic E-state index is 12.6. The molecule has 0 radical (unpaired) electrons. The zero-order valence-electron chi connectivity index (χ0n) is 11.7. The maximum atomic E-state index is 12.6. The number of imidazole rings is 1. The molecule has 0 N–H and O–H groups in total. The number of hydrogen-bond acceptors (Lipinski definition) is 2. The number of rotatable bonds is 4. The lowest BCUT2D eigenvalue weighted by Crippen LogP contribution is -2.31. The molecule has 100 valence electrons. The molecule has 0 saturated heterocycles. The minimum atomic E-state index is -0.357. The Hall–Kier alpha value is -1.90. The number of nitrogens with zero attached hydrogens (tertiary/aromatic N) is 2. The fourth-order valence-electron chi connectivity index (χ4n) is 2.12. The van der Waals surface area contributed by atoms with Crippen LogP contribution in [0.2, 0.25) is 0 Å². The van der Waals surface area contributed by atoms with Crippen LogP contribution in [-0.4, -0.2) is 15.3 Å². The SMILES string of the molecule is CC(C)(C)C(=O)C(Cc1ccccc1)n1ccnc1. The molecule has 2 aromatic rings. The standard InChI is InChI=1S/C16H20N2O/c1-16(2,3)15(19)14(18-10-9-17-12-18)11-13-7-5-4-6-8-13/h4-10,12,14H,11H2,1-3H3. The third kappa shape index (κ3) is 3.31. The quantitative estimate of drug-likeness (QED) is 0.841. The second-order valence-corrected chi connectivity index (χ2v) is 5.83. The Morgan fingerprint density at radius 2 is 1.95 bits per heavy atom. The van der Waals surface area contributed by atoms with Crippen LogP contribution in [0.1, 0.15) is 32.4 Å². The molecule has 3 heteroatoms. The maximum Gasteiger partial charge on any atom is 0.161 e. The molecular formula is C16H20N2O. The number of aromatic nitrogens is 2. The predicted molar refractivity (Wildman–Crippen MR) is 75.9 cm³/mol. The largest absolute Gasteiger partial charge is 0.327 e. The monoisotopic (exact) mass is 256 g/mol. The van der Waals surface area contributed by atoms with Crippen LogP contribution in [0.15, 0.2) is 49.1 Å². The Kier molecular flexibility index (Phi) is 3.84. The molecule has 0 fully saturated rings. The van der Waals surface area contributed by atoms with Gasteiger partial charge in [-0.1, -0.05) is 51.1 Å². The normalized spacial score (nSPS) is 13.2. The number of carbonyl (C=O) groups excluding carboxylic acids is 1. The van der Waals surface area contributed by atoms with Gasteiger partial charge in [0, 0.05) is 24.2 Å². The highest BCUT2D eigenvalue weighted by Gasteiger charge is 2.30. The van der Waals surface area contributed by atoms with Crippen molar-refractivity contribution in [3.8, 4) is 0 Å². The average molecular weight is 256 g/mol. The molecular weight excluding hydrogens is 236 g/mol. The Morgan fingerprint density at radius 1 is 1.26 bits per heavy atom. The zero-order chi connectivity index (χ0) is 13.9. The molecule has 0 aliphatic rings. The number of hydrogen-bond donors (Lipinski definition) is 0. The Labute approximate surface area is 114 Å². The second kappa shape index (κ2) is 5.39. The van der Waals surface area contributed by atoms with Gasteiger partial charge in [-0.25, -0.2) is 4.98 Å². The highest BCUT2D eigenvalue weighted by atomic mass is 16.1. The number of carbonyl (C=O) groups is 1. The first kappa shape index (κ1) is 13.5. The molecule has 1 unspecified atom stereocenters. The highest BCUT2D eigenvalue weighted by molar-refractivity contribution is 5.87. The van der Waals surface area contributed by atoms with E-state index >= 15 is 0 Å². The van der Waals surface area contributed by atoms with Crippen LogP contribution < -0.4 is 0 Å². The third-order valence-electron chi connectivity index (χ3n) is 3.20. The first-order valence-corrected chi connectivity index (χ1v) is 6.54. The average Bonchev–Trinajstić information content (AvgIpc) is 2.89. The van der Waals surface area contributed by atoms with Gasteiger partial charge in [0.2, 0.25) is 0 Å². The lowest BCUT2D eigenvalue weighted by molar-refractivity contribution is -0.129. The molecule has 2 rings (SSSR count). The van der Waals surface area contributed by atoms with Crippen LogP contribution in [0, 0.1) is 5.41 Å². The summed E-state index contributed by atoms with van der Waals surface area (Å²) in [5.41, 5.74) is 0.808. The van der Waals surface area contributed by atoms with Crippen molar-refractivity contribution in [1.82, 2.24) is 9.55 Å². The Balaban J connectivity index is 2.28. The molecule has 19 heavy (non-hydrogen) atoms. The number of Topliss-reactive ketones (excluding diaryl/α,β-unsaturated/α-hetero) is 1. The van der Waals surface area contributed by atoms with Gasteiger partial charge in [0.1, 0.15) is 0 Å². The molecule has 0 amide bonds. The molecule has 1 aromatic heterocycles. The van der Waals surface area contributed by atoms with E-state index in [0.717, 1.165) is 0 Å². The summed E-state index contributed by atoms with van der Waals surface area (Å²) in [6.45, 7) is 5.89. The van der Waals surface area contributed by atoms with Crippen molar-refractivity contribution in [1.29, 1.82) is 0 Å². The van der Waals surface area contributed by atoms with E-state index in [1.165, 1.54) is 5.56 Å². The molecule has 1 atom stereocenters. The summed E-state index contributed by atoms with van der Waals surface area (Å²) in [7, 11) is 0. The summed E-state index contributed by atoms with van der Waals surface area (Å²) in [5, 5.41) is 0. The first-order chi connectivity index (χ1) is 8.98. The Morgan fingerprint density at radius 3 is 2.47 bits per heavy atom. The van der Waals surface area contributed by atoms with Crippen LogP contribution >= 0.6 is 0 Å². The molecule has 1 heterocycles. The van der Waals surface area contributed by atoms with Gasteiger partial charge in [-0.15, -0.1) is 0 Å². The first-order valence-electron chi connectivity index (χ1n) is 6.54. The van der Waals surface area contributed by atoms with Crippen molar-refractivity contribution in [2.24, 2.45) is 5.41 Å². The van der Waals surface area contributed by atoms with Gasteiger partial charge < -0.3 is 4.57 Å². The van der Waals surface area contributed by atoms with Gasteiger partial charge in [0.05, 0.1) is 12.4 Å². The second-order valence-electron chi connectivity index (χ2n) is 5.83. The van der Waals surface area contributed by atoms with Crippen molar-refractivity contribution in [3.05, 3.63) is 54.6 Å². The van der Waals surface area contributed by atoms with Crippen molar-refractivity contribution in [2.45, 2.75) is 33.2 Å². The van der Waals surface area contributed by atoms with Crippen LogP contribution in [0.4, 0.5) is 0 Å². The minimum Gasteiger partial charge on any atom is -0.327 e. The molecule has 0 aliphatic heterocycles. The molecule has 0 saturated carbocycles. The van der Waals surface area contributed by atoms with Crippen molar-refractivity contribution in [2.75, 3.05) is 0 Å². The van der Waals surface area contributed by atoms with E-state index in [-0.39, 0.29) is 17.2 Å². The highest BCUT2D eigenvalue weighted by Crippen LogP contribution is 2.26. The van der Waals surface area contributed by atoms with Gasteiger partial charge in [0.25, 0.3) is 0 Å². The van der Waals surface area contributed by atoms with Gasteiger partial charge in [-0.3, -0.25) is 4.79 Å². The van der Waals surface area contributed by atoms with Gasteiger partial charge >= 0.3 is 0 Å². The molecule has 3 nitrogen and oxygen atoms in total. The van der Waals surface area contributed by atoms with Gasteiger partial charge in [0.15, 0.2) is 5.78 Å². The van der Waals surface area contributed by atoms with Gasteiger partial charge in [-0.2, -0.15) is 0 Å². The summed E-state index contributed by atoms with van der Waals surface area (Å²) in [6.07, 6.45) is 6.00. The van der Waals surface area contributed by atoms with Gasteiger partial charge in [-0.05, 0) is 5.56 Å². The fraction of sp³-hybridized carbons (Fsp3) is 0.375. The summed E-state index contributed by atoms with van der Waals surface area (Å²) < 4.78 is 1.90. The van der Waals surface area contributed by atoms with E-state index in [4.69, 9.17) is 0 Å². The zero-order valence-corrected chi connectivity index (χ0v) is 11.7. The number of ketones is 1. The van der Waals surface area contributed by atoms with E-state index in [1.54, 1.807) is 12.5 Å². The van der Waals surface area contributed by atoms with E-state index in [0.29, 0.717) is 6.42 Å². The summed E-state index contributed by atoms with van der Waals surface area (Å²) >= 11 is 0. The smallest absolute Gasteiger partial charge is 0.161 e. The van der Waals surface area contributed by atoms with E-state index in [1.807, 2.05) is 49.7 Å². The topological polar surface area (TPSA) is 34.9 Å². The van der Waals surface area contributed by atoms with E-state index in [2.05, 4.69) is 17.1 Å². The minimum absolute atomic E-state index is 0.190. The summed E-state index contributed by atoms with van der Waals surface area (Å²) in [4.78, 5) is 16.7. The van der Waals surface area contributed by atoms with E-state index in [9.17, 15) is 4.79 Å². The molecule has 0 bridgehead atoms. The third-order valence-corrected chi connectivity index (χ3v) is 3.20. The lowest BCUT2D eigenvalue weighted by atomic mass is 9.84. The Bertz CT molecular complexity index is 524. The van der Waals surface area contributed by atoms with Crippen LogP contribution in [0.25, 0.3) is 0 Å². The molecule has 0 aliphatic carbocycles. The van der Waals surface area contributed by atoms with Crippen molar-refractivity contribution in [3.63, 3.8) is 0 Å². The summed E-state index contributed by atoms with van der Waals surface area (Å²) in [5.74, 6) is 0.231. The van der Waals surface area contributed by atoms with E-state index < -0.39 is 0 Å². The van der Waals surface area contributed by atoms with Crippen LogP contribution in [0.5, 0.6) is 0 Å². The van der Waals surface area contributed by atoms with Crippen LogP contribution in [-0.2, 0) is 11.2 Å². The predicted octanol–water partition coefficient (Wildman–Crippen LogP) is 3.28. The summed E-state index contributed by atoms with van der Waals surface area (Å²) in [6, 6.07) is 9.91.